The molecule has 106 valence electrons. The molecule has 2 nitrogen and oxygen atoms in total. The highest BCUT2D eigenvalue weighted by molar-refractivity contribution is 5.67. The molecule has 0 atom stereocenters. The Bertz CT molecular complexity index is 925. The molecule has 0 bridgehead atoms. The first-order chi connectivity index (χ1) is 10.8. The maximum atomic E-state index is 13.0. The summed E-state index contributed by atoms with van der Waals surface area (Å²) in [5, 5.41) is 0. The third kappa shape index (κ3) is 2.27. The van der Waals surface area contributed by atoms with Crippen molar-refractivity contribution < 1.29 is 4.39 Å². The molecule has 0 aliphatic rings. The van der Waals surface area contributed by atoms with E-state index >= 15 is 0 Å². The maximum Gasteiger partial charge on any atom is 0.137 e. The average molecular weight is 288 g/mol. The smallest absolute Gasteiger partial charge is 0.137 e. The lowest BCUT2D eigenvalue weighted by atomic mass is 10.1. The number of fused-ring (bicyclic) bond motifs is 1. The van der Waals surface area contributed by atoms with E-state index in [1.807, 2.05) is 59.3 Å². The Labute approximate surface area is 127 Å². The van der Waals surface area contributed by atoms with Gasteiger partial charge in [0.05, 0.1) is 5.69 Å². The van der Waals surface area contributed by atoms with Gasteiger partial charge in [-0.25, -0.2) is 9.37 Å². The van der Waals surface area contributed by atoms with E-state index in [0.29, 0.717) is 0 Å². The van der Waals surface area contributed by atoms with Gasteiger partial charge >= 0.3 is 0 Å². The van der Waals surface area contributed by atoms with E-state index < -0.39 is 0 Å². The molecule has 22 heavy (non-hydrogen) atoms. The molecule has 0 spiro atoms. The minimum Gasteiger partial charge on any atom is -0.306 e. The van der Waals surface area contributed by atoms with Gasteiger partial charge in [0.25, 0.3) is 0 Å². The normalized spacial score (nSPS) is 11.0. The second-order valence-corrected chi connectivity index (χ2v) is 5.18. The summed E-state index contributed by atoms with van der Waals surface area (Å²) in [5.74, 6) is -0.223. The van der Waals surface area contributed by atoms with E-state index in [9.17, 15) is 4.39 Å². The Morgan fingerprint density at radius 2 is 1.41 bits per heavy atom. The molecule has 2 aromatic heterocycles. The molecule has 0 amide bonds. The SMILES string of the molecule is Fc1ccc(-c2ccc3nc(-c4ccccc4)cn3c2)cc1. The van der Waals surface area contributed by atoms with Crippen LogP contribution < -0.4 is 0 Å². The number of rotatable bonds is 2. The summed E-state index contributed by atoms with van der Waals surface area (Å²) in [4.78, 5) is 4.63. The molecule has 0 unspecified atom stereocenters. The van der Waals surface area contributed by atoms with Crippen molar-refractivity contribution in [3.8, 4) is 22.4 Å². The second kappa shape index (κ2) is 5.11. The van der Waals surface area contributed by atoms with Crippen molar-refractivity contribution in [1.82, 2.24) is 9.38 Å². The lowest BCUT2D eigenvalue weighted by Gasteiger charge is -2.02. The Morgan fingerprint density at radius 1 is 0.682 bits per heavy atom. The van der Waals surface area contributed by atoms with Crippen LogP contribution in [-0.4, -0.2) is 9.38 Å². The number of aromatic nitrogens is 2. The highest BCUT2D eigenvalue weighted by atomic mass is 19.1. The van der Waals surface area contributed by atoms with E-state index in [-0.39, 0.29) is 5.82 Å². The quantitative estimate of drug-likeness (QED) is 0.517. The highest BCUT2D eigenvalue weighted by Gasteiger charge is 2.05. The third-order valence-electron chi connectivity index (χ3n) is 3.70. The molecule has 0 aliphatic heterocycles. The average Bonchev–Trinajstić information content (AvgIpc) is 2.99. The number of hydrogen-bond donors (Lipinski definition) is 0. The molecule has 0 aliphatic carbocycles. The highest BCUT2D eigenvalue weighted by Crippen LogP contribution is 2.23. The number of imidazole rings is 1. The maximum absolute atomic E-state index is 13.0. The molecular weight excluding hydrogens is 275 g/mol. The van der Waals surface area contributed by atoms with Crippen molar-refractivity contribution in [2.24, 2.45) is 0 Å². The zero-order valence-corrected chi connectivity index (χ0v) is 11.8. The van der Waals surface area contributed by atoms with Gasteiger partial charge in [-0.05, 0) is 35.4 Å². The number of pyridine rings is 1. The molecule has 0 N–H and O–H groups in total. The van der Waals surface area contributed by atoms with Crippen molar-refractivity contribution in [3.63, 3.8) is 0 Å². The van der Waals surface area contributed by atoms with Gasteiger partial charge < -0.3 is 4.40 Å². The summed E-state index contributed by atoms with van der Waals surface area (Å²) in [6.07, 6.45) is 4.03. The number of nitrogens with zero attached hydrogens (tertiary/aromatic N) is 2. The van der Waals surface area contributed by atoms with Crippen molar-refractivity contribution in [2.75, 3.05) is 0 Å². The predicted molar refractivity (Wildman–Crippen MR) is 86.0 cm³/mol. The molecule has 0 radical (unpaired) electrons. The van der Waals surface area contributed by atoms with E-state index in [4.69, 9.17) is 0 Å². The van der Waals surface area contributed by atoms with Crippen LogP contribution in [0.1, 0.15) is 0 Å². The van der Waals surface area contributed by atoms with Crippen LogP contribution in [0.2, 0.25) is 0 Å². The van der Waals surface area contributed by atoms with Crippen LogP contribution in [0.5, 0.6) is 0 Å². The first kappa shape index (κ1) is 12.8. The van der Waals surface area contributed by atoms with Gasteiger partial charge in [-0.15, -0.1) is 0 Å². The van der Waals surface area contributed by atoms with E-state index in [0.717, 1.165) is 28.0 Å². The first-order valence-corrected chi connectivity index (χ1v) is 7.10. The topological polar surface area (TPSA) is 17.3 Å². The number of halogens is 1. The zero-order valence-electron chi connectivity index (χ0n) is 11.8. The molecule has 2 heterocycles. The second-order valence-electron chi connectivity index (χ2n) is 5.18. The van der Waals surface area contributed by atoms with Crippen LogP contribution in [0, 0.1) is 5.82 Å². The lowest BCUT2D eigenvalue weighted by Crippen LogP contribution is -1.85. The molecule has 0 saturated carbocycles. The van der Waals surface area contributed by atoms with Gasteiger partial charge in [-0.2, -0.15) is 0 Å². The van der Waals surface area contributed by atoms with Crippen molar-refractivity contribution in [1.29, 1.82) is 0 Å². The first-order valence-electron chi connectivity index (χ1n) is 7.10. The molecule has 0 fully saturated rings. The fraction of sp³-hybridized carbons (Fsp3) is 0. The largest absolute Gasteiger partial charge is 0.306 e. The predicted octanol–water partition coefficient (Wildman–Crippen LogP) is 4.81. The van der Waals surface area contributed by atoms with Crippen LogP contribution >= 0.6 is 0 Å². The minimum atomic E-state index is -0.223. The van der Waals surface area contributed by atoms with Gasteiger partial charge in [0.1, 0.15) is 11.5 Å². The summed E-state index contributed by atoms with van der Waals surface area (Å²) in [6, 6.07) is 20.6. The van der Waals surface area contributed by atoms with Gasteiger partial charge in [0.15, 0.2) is 0 Å². The summed E-state index contributed by atoms with van der Waals surface area (Å²) < 4.78 is 15.0. The molecule has 4 rings (SSSR count). The third-order valence-corrected chi connectivity index (χ3v) is 3.70. The van der Waals surface area contributed by atoms with Crippen LogP contribution in [0.15, 0.2) is 79.1 Å². The Morgan fingerprint density at radius 3 is 2.18 bits per heavy atom. The lowest BCUT2D eigenvalue weighted by molar-refractivity contribution is 0.628. The van der Waals surface area contributed by atoms with E-state index in [1.54, 1.807) is 12.1 Å². The molecular formula is C19H13FN2. The fourth-order valence-corrected chi connectivity index (χ4v) is 2.55. The zero-order chi connectivity index (χ0) is 14.9. The monoisotopic (exact) mass is 288 g/mol. The van der Waals surface area contributed by atoms with Crippen LogP contribution in [0.4, 0.5) is 4.39 Å². The summed E-state index contributed by atoms with van der Waals surface area (Å²) in [7, 11) is 0. The van der Waals surface area contributed by atoms with Gasteiger partial charge in [-0.3, -0.25) is 0 Å². The summed E-state index contributed by atoms with van der Waals surface area (Å²) >= 11 is 0. The molecule has 0 saturated heterocycles. The molecule has 3 heteroatoms. The van der Waals surface area contributed by atoms with E-state index in [2.05, 4.69) is 4.98 Å². The Hall–Kier alpha value is -2.94. The fourth-order valence-electron chi connectivity index (χ4n) is 2.55. The van der Waals surface area contributed by atoms with Crippen LogP contribution in [-0.2, 0) is 0 Å². The minimum absolute atomic E-state index is 0.223. The number of benzene rings is 2. The van der Waals surface area contributed by atoms with E-state index in [1.165, 1.54) is 12.1 Å². The van der Waals surface area contributed by atoms with Crippen molar-refractivity contribution in [2.45, 2.75) is 0 Å². The Kier molecular flexibility index (Phi) is 2.97. The summed E-state index contributed by atoms with van der Waals surface area (Å²) in [5.41, 5.74) is 4.94. The van der Waals surface area contributed by atoms with Crippen molar-refractivity contribution in [3.05, 3.63) is 84.9 Å². The number of hydrogen-bond acceptors (Lipinski definition) is 1. The molecule has 4 aromatic rings. The van der Waals surface area contributed by atoms with Gasteiger partial charge in [0, 0.05) is 18.0 Å². The van der Waals surface area contributed by atoms with Gasteiger partial charge in [-0.1, -0.05) is 42.5 Å². The van der Waals surface area contributed by atoms with Crippen LogP contribution in [0.25, 0.3) is 28.0 Å². The van der Waals surface area contributed by atoms with Crippen LogP contribution in [0.3, 0.4) is 0 Å². The van der Waals surface area contributed by atoms with Crippen molar-refractivity contribution >= 4 is 5.65 Å². The molecule has 2 aromatic carbocycles. The van der Waals surface area contributed by atoms with Gasteiger partial charge in [0.2, 0.25) is 0 Å². The Balaban J connectivity index is 1.80. The summed E-state index contributed by atoms with van der Waals surface area (Å²) in [6.45, 7) is 0. The standard InChI is InChI=1S/C19H13FN2/c20-17-9-6-14(7-10-17)16-8-11-19-21-18(13-22(19)12-16)15-4-2-1-3-5-15/h1-13H.